The van der Waals surface area contributed by atoms with Crippen LogP contribution in [0.2, 0.25) is 10.0 Å². The lowest BCUT2D eigenvalue weighted by Crippen LogP contribution is -2.49. The summed E-state index contributed by atoms with van der Waals surface area (Å²) in [5.41, 5.74) is 2.34. The standard InChI is InChI=1S/C22H29Cl2N3O3S/c1-5-21(27(31(4,29)30)18-12-13-19(23)20(24)14-18)22(28)25-15-16-8-10-17(11-9-16)26(6-2)7-3/h8-14,21H,5-7,15H2,1-4H3,(H,25,28). The predicted molar refractivity (Wildman–Crippen MR) is 130 cm³/mol. The van der Waals surface area contributed by atoms with Crippen LogP contribution >= 0.6 is 23.2 Å². The molecule has 0 heterocycles. The van der Waals surface area contributed by atoms with E-state index in [2.05, 4.69) is 24.1 Å². The van der Waals surface area contributed by atoms with Crippen molar-refractivity contribution in [1.29, 1.82) is 0 Å². The molecule has 1 N–H and O–H groups in total. The van der Waals surface area contributed by atoms with Crippen LogP contribution in [0, 0.1) is 0 Å². The molecular formula is C22H29Cl2N3O3S. The first-order chi connectivity index (χ1) is 14.6. The zero-order valence-electron chi connectivity index (χ0n) is 18.2. The van der Waals surface area contributed by atoms with Gasteiger partial charge in [-0.2, -0.15) is 0 Å². The van der Waals surface area contributed by atoms with Crippen LogP contribution in [0.3, 0.4) is 0 Å². The number of carbonyl (C=O) groups is 1. The van der Waals surface area contributed by atoms with E-state index in [1.165, 1.54) is 18.2 Å². The fourth-order valence-corrected chi connectivity index (χ4v) is 4.90. The van der Waals surface area contributed by atoms with E-state index in [1.807, 2.05) is 24.3 Å². The Hall–Kier alpha value is -1.96. The molecule has 1 atom stereocenters. The number of nitrogens with one attached hydrogen (secondary N) is 1. The number of rotatable bonds is 10. The van der Waals surface area contributed by atoms with Gasteiger partial charge in [-0.3, -0.25) is 9.10 Å². The first-order valence-corrected chi connectivity index (χ1v) is 12.8. The lowest BCUT2D eigenvalue weighted by molar-refractivity contribution is -0.122. The molecule has 0 spiro atoms. The fourth-order valence-electron chi connectivity index (χ4n) is 3.40. The van der Waals surface area contributed by atoms with Gasteiger partial charge in [0.1, 0.15) is 6.04 Å². The summed E-state index contributed by atoms with van der Waals surface area (Å²) in [7, 11) is -3.74. The Labute approximate surface area is 195 Å². The van der Waals surface area contributed by atoms with Crippen molar-refractivity contribution >= 4 is 50.5 Å². The summed E-state index contributed by atoms with van der Waals surface area (Å²) in [6.45, 7) is 8.10. The van der Waals surface area contributed by atoms with Crippen LogP contribution in [0.4, 0.5) is 11.4 Å². The van der Waals surface area contributed by atoms with Gasteiger partial charge in [0.15, 0.2) is 0 Å². The Balaban J connectivity index is 2.19. The number of anilines is 2. The lowest BCUT2D eigenvalue weighted by atomic mass is 10.1. The van der Waals surface area contributed by atoms with E-state index in [1.54, 1.807) is 6.92 Å². The molecule has 0 bridgehead atoms. The molecule has 0 saturated carbocycles. The van der Waals surface area contributed by atoms with Crippen molar-refractivity contribution < 1.29 is 13.2 Å². The maximum Gasteiger partial charge on any atom is 0.244 e. The first-order valence-electron chi connectivity index (χ1n) is 10.2. The number of carbonyl (C=O) groups excluding carboxylic acids is 1. The molecule has 2 aromatic rings. The molecular weight excluding hydrogens is 457 g/mol. The van der Waals surface area contributed by atoms with Crippen LogP contribution in [0.5, 0.6) is 0 Å². The normalized spacial score (nSPS) is 12.3. The minimum absolute atomic E-state index is 0.219. The van der Waals surface area contributed by atoms with Crippen LogP contribution in [-0.4, -0.2) is 39.7 Å². The summed E-state index contributed by atoms with van der Waals surface area (Å²) in [6, 6.07) is 11.5. The molecule has 0 radical (unpaired) electrons. The van der Waals surface area contributed by atoms with Gasteiger partial charge >= 0.3 is 0 Å². The van der Waals surface area contributed by atoms with Gasteiger partial charge in [-0.25, -0.2) is 8.42 Å². The van der Waals surface area contributed by atoms with Crippen LogP contribution in [0.15, 0.2) is 42.5 Å². The second-order valence-corrected chi connectivity index (χ2v) is 9.81. The minimum Gasteiger partial charge on any atom is -0.372 e. The van der Waals surface area contributed by atoms with Crippen LogP contribution in [-0.2, 0) is 21.4 Å². The number of hydrogen-bond acceptors (Lipinski definition) is 4. The Bertz CT molecular complexity index is 994. The first kappa shape index (κ1) is 25.3. The molecule has 6 nitrogen and oxygen atoms in total. The van der Waals surface area contributed by atoms with E-state index in [9.17, 15) is 13.2 Å². The van der Waals surface area contributed by atoms with Crippen molar-refractivity contribution in [3.63, 3.8) is 0 Å². The van der Waals surface area contributed by atoms with Gasteiger partial charge in [-0.05, 0) is 56.2 Å². The van der Waals surface area contributed by atoms with Crippen molar-refractivity contribution in [3.8, 4) is 0 Å². The van der Waals surface area contributed by atoms with Gasteiger partial charge in [0.25, 0.3) is 0 Å². The van der Waals surface area contributed by atoms with Crippen molar-refractivity contribution in [1.82, 2.24) is 5.32 Å². The van der Waals surface area contributed by atoms with Crippen LogP contribution < -0.4 is 14.5 Å². The van der Waals surface area contributed by atoms with Gasteiger partial charge in [0.05, 0.1) is 22.0 Å². The molecule has 0 saturated heterocycles. The fraction of sp³-hybridized carbons (Fsp3) is 0.409. The second-order valence-electron chi connectivity index (χ2n) is 7.14. The van der Waals surface area contributed by atoms with E-state index in [0.717, 1.165) is 34.9 Å². The third kappa shape index (κ3) is 6.51. The molecule has 0 aromatic heterocycles. The summed E-state index contributed by atoms with van der Waals surface area (Å²) < 4.78 is 26.2. The van der Waals surface area contributed by atoms with E-state index >= 15 is 0 Å². The average Bonchev–Trinajstić information content (AvgIpc) is 2.73. The summed E-state index contributed by atoms with van der Waals surface area (Å²) in [5, 5.41) is 3.39. The molecule has 0 aliphatic carbocycles. The maximum atomic E-state index is 12.9. The average molecular weight is 486 g/mol. The predicted octanol–water partition coefficient (Wildman–Crippen LogP) is 4.70. The molecule has 0 aliphatic heterocycles. The summed E-state index contributed by atoms with van der Waals surface area (Å²) in [5.74, 6) is -0.383. The molecule has 31 heavy (non-hydrogen) atoms. The van der Waals surface area contributed by atoms with Gasteiger partial charge in [-0.1, -0.05) is 42.3 Å². The molecule has 9 heteroatoms. The largest absolute Gasteiger partial charge is 0.372 e. The summed E-state index contributed by atoms with van der Waals surface area (Å²) in [4.78, 5) is 15.2. The molecule has 0 aliphatic rings. The van der Waals surface area contributed by atoms with Crippen molar-refractivity contribution in [3.05, 3.63) is 58.1 Å². The van der Waals surface area contributed by atoms with E-state index in [4.69, 9.17) is 23.2 Å². The number of benzene rings is 2. The number of amides is 1. The Morgan fingerprint density at radius 3 is 2.03 bits per heavy atom. The maximum absolute atomic E-state index is 12.9. The molecule has 0 fully saturated rings. The Morgan fingerprint density at radius 1 is 0.968 bits per heavy atom. The molecule has 170 valence electrons. The smallest absolute Gasteiger partial charge is 0.244 e. The monoisotopic (exact) mass is 485 g/mol. The zero-order chi connectivity index (χ0) is 23.2. The minimum atomic E-state index is -3.74. The number of halogens is 2. The van der Waals surface area contributed by atoms with Gasteiger partial charge in [-0.15, -0.1) is 0 Å². The van der Waals surface area contributed by atoms with E-state index in [-0.39, 0.29) is 10.9 Å². The van der Waals surface area contributed by atoms with Crippen LogP contribution in [0.1, 0.15) is 32.8 Å². The molecule has 2 rings (SSSR count). The molecule has 1 unspecified atom stereocenters. The number of nitrogens with zero attached hydrogens (tertiary/aromatic N) is 2. The third-order valence-corrected chi connectivity index (χ3v) is 6.94. The Kier molecular flexibility index (Phi) is 9.03. The highest BCUT2D eigenvalue weighted by Gasteiger charge is 2.31. The highest BCUT2D eigenvalue weighted by Crippen LogP contribution is 2.30. The Morgan fingerprint density at radius 2 is 1.55 bits per heavy atom. The van der Waals surface area contributed by atoms with Crippen LogP contribution in [0.25, 0.3) is 0 Å². The molecule has 2 aromatic carbocycles. The lowest BCUT2D eigenvalue weighted by Gasteiger charge is -2.30. The van der Waals surface area contributed by atoms with Crippen molar-refractivity contribution in [2.45, 2.75) is 39.8 Å². The highest BCUT2D eigenvalue weighted by atomic mass is 35.5. The zero-order valence-corrected chi connectivity index (χ0v) is 20.6. The highest BCUT2D eigenvalue weighted by molar-refractivity contribution is 7.92. The quantitative estimate of drug-likeness (QED) is 0.529. The second kappa shape index (κ2) is 11.1. The topological polar surface area (TPSA) is 69.7 Å². The number of hydrogen-bond donors (Lipinski definition) is 1. The number of sulfonamides is 1. The summed E-state index contributed by atoms with van der Waals surface area (Å²) in [6.07, 6.45) is 1.36. The van der Waals surface area contributed by atoms with Gasteiger partial charge in [0, 0.05) is 25.3 Å². The van der Waals surface area contributed by atoms with Gasteiger partial charge < -0.3 is 10.2 Å². The van der Waals surface area contributed by atoms with E-state index < -0.39 is 16.1 Å². The SMILES string of the molecule is CCC(C(=O)NCc1ccc(N(CC)CC)cc1)N(c1ccc(Cl)c(Cl)c1)S(C)(=O)=O. The third-order valence-electron chi connectivity index (χ3n) is 5.02. The van der Waals surface area contributed by atoms with Gasteiger partial charge in [0.2, 0.25) is 15.9 Å². The molecule has 1 amide bonds. The van der Waals surface area contributed by atoms with E-state index in [0.29, 0.717) is 23.7 Å². The van der Waals surface area contributed by atoms with Crippen molar-refractivity contribution in [2.75, 3.05) is 28.6 Å². The summed E-state index contributed by atoms with van der Waals surface area (Å²) >= 11 is 12.0. The van der Waals surface area contributed by atoms with Crippen molar-refractivity contribution in [2.24, 2.45) is 0 Å².